The highest BCUT2D eigenvalue weighted by Gasteiger charge is 2.07. The van der Waals surface area contributed by atoms with Crippen LogP contribution in [0.2, 0.25) is 0 Å². The summed E-state index contributed by atoms with van der Waals surface area (Å²) in [7, 11) is 0. The Kier molecular flexibility index (Phi) is 6.01. The molecule has 0 atom stereocenters. The van der Waals surface area contributed by atoms with E-state index >= 15 is 0 Å². The molecule has 2 aliphatic heterocycles. The summed E-state index contributed by atoms with van der Waals surface area (Å²) in [4.78, 5) is 4.17. The van der Waals surface area contributed by atoms with Crippen LogP contribution in [0.5, 0.6) is 5.75 Å². The third-order valence-corrected chi connectivity index (χ3v) is 3.35. The Bertz CT molecular complexity index is 565. The van der Waals surface area contributed by atoms with Crippen molar-refractivity contribution in [1.82, 2.24) is 0 Å². The fraction of sp³-hybridized carbons (Fsp3) is 0.316. The predicted octanol–water partition coefficient (Wildman–Crippen LogP) is 4.98. The van der Waals surface area contributed by atoms with Crippen molar-refractivity contribution >= 4 is 11.9 Å². The number of aliphatic imine (C=N–C) groups is 1. The zero-order valence-electron chi connectivity index (χ0n) is 12.9. The minimum atomic E-state index is 0.886. The number of nitrogens with zero attached hydrogens (tertiary/aromatic N) is 1. The molecule has 0 aromatic heterocycles. The van der Waals surface area contributed by atoms with Crippen LogP contribution in [0.1, 0.15) is 31.4 Å². The fourth-order valence-corrected chi connectivity index (χ4v) is 2.35. The first kappa shape index (κ1) is 15.3. The smallest absolute Gasteiger partial charge is 0.122 e. The van der Waals surface area contributed by atoms with Gasteiger partial charge >= 0.3 is 0 Å². The summed E-state index contributed by atoms with van der Waals surface area (Å²) in [6.07, 6.45) is 5.30. The standard InChI is InChI=1S/C9H10O.C8H7N.C2H6/c1-2-6-9-8(4-1)5-3-7-10-9;1-2-4-8-7(3-1)5-6-9-8;1-2/h1-2,4,6H,3,5,7H2;1-4,6H,5H2;1-2H3. The summed E-state index contributed by atoms with van der Waals surface area (Å²) in [5.41, 5.74) is 3.84. The first-order valence-corrected chi connectivity index (χ1v) is 7.74. The molecule has 0 bridgehead atoms. The predicted molar refractivity (Wildman–Crippen MR) is 89.9 cm³/mol. The van der Waals surface area contributed by atoms with Crippen LogP contribution in [-0.4, -0.2) is 12.8 Å². The number of benzene rings is 2. The average molecular weight is 281 g/mol. The van der Waals surface area contributed by atoms with Crippen LogP contribution in [-0.2, 0) is 12.8 Å². The Morgan fingerprint density at radius 1 is 0.905 bits per heavy atom. The van der Waals surface area contributed by atoms with Gasteiger partial charge in [-0.3, -0.25) is 4.99 Å². The van der Waals surface area contributed by atoms with Gasteiger partial charge in [0.15, 0.2) is 0 Å². The molecule has 0 aliphatic carbocycles. The van der Waals surface area contributed by atoms with E-state index in [-0.39, 0.29) is 0 Å². The van der Waals surface area contributed by atoms with Gasteiger partial charge in [0.25, 0.3) is 0 Å². The van der Waals surface area contributed by atoms with Crippen LogP contribution in [0.15, 0.2) is 53.5 Å². The highest BCUT2D eigenvalue weighted by Crippen LogP contribution is 2.23. The third-order valence-electron chi connectivity index (χ3n) is 3.35. The van der Waals surface area contributed by atoms with Gasteiger partial charge in [-0.2, -0.15) is 0 Å². The van der Waals surface area contributed by atoms with Crippen LogP contribution < -0.4 is 4.74 Å². The summed E-state index contributed by atoms with van der Waals surface area (Å²) in [6, 6.07) is 16.5. The molecular formula is C19H23NO. The second-order valence-electron chi connectivity index (χ2n) is 4.70. The Morgan fingerprint density at radius 3 is 2.38 bits per heavy atom. The van der Waals surface area contributed by atoms with Gasteiger partial charge in [0, 0.05) is 12.6 Å². The first-order chi connectivity index (χ1) is 10.4. The molecule has 2 aromatic carbocycles. The second-order valence-corrected chi connectivity index (χ2v) is 4.70. The summed E-state index contributed by atoms with van der Waals surface area (Å²) < 4.78 is 5.42. The van der Waals surface area contributed by atoms with Crippen molar-refractivity contribution in [3.8, 4) is 5.75 Å². The second kappa shape index (κ2) is 8.25. The minimum absolute atomic E-state index is 0.886. The lowest BCUT2D eigenvalue weighted by Gasteiger charge is -2.15. The van der Waals surface area contributed by atoms with E-state index in [9.17, 15) is 0 Å². The fourth-order valence-electron chi connectivity index (χ4n) is 2.35. The van der Waals surface area contributed by atoms with Gasteiger partial charge in [-0.1, -0.05) is 50.2 Å². The number of aryl methyl sites for hydroxylation is 1. The van der Waals surface area contributed by atoms with E-state index in [1.54, 1.807) is 0 Å². The van der Waals surface area contributed by atoms with Gasteiger partial charge in [-0.15, -0.1) is 0 Å². The molecule has 2 heterocycles. The summed E-state index contributed by atoms with van der Waals surface area (Å²) in [5.74, 6) is 1.08. The van der Waals surface area contributed by atoms with E-state index in [1.807, 2.05) is 50.4 Å². The maximum atomic E-state index is 5.42. The van der Waals surface area contributed by atoms with Gasteiger partial charge in [0.05, 0.1) is 12.3 Å². The Labute approximate surface area is 127 Å². The quantitative estimate of drug-likeness (QED) is 0.667. The Balaban J connectivity index is 0.000000138. The number of hydrogen-bond acceptors (Lipinski definition) is 2. The highest BCUT2D eigenvalue weighted by atomic mass is 16.5. The van der Waals surface area contributed by atoms with Crippen molar-refractivity contribution in [1.29, 1.82) is 0 Å². The molecule has 0 radical (unpaired) electrons. The highest BCUT2D eigenvalue weighted by molar-refractivity contribution is 5.75. The SMILES string of the molecule is C1=Nc2ccccc2C1.CC.c1ccc2c(c1)CCCO2. The number of para-hydroxylation sites is 2. The molecule has 0 fully saturated rings. The molecule has 2 nitrogen and oxygen atoms in total. The van der Waals surface area contributed by atoms with E-state index in [2.05, 4.69) is 23.2 Å². The molecular weight excluding hydrogens is 258 g/mol. The van der Waals surface area contributed by atoms with Crippen LogP contribution in [0, 0.1) is 0 Å². The minimum Gasteiger partial charge on any atom is -0.493 e. The van der Waals surface area contributed by atoms with E-state index in [0.29, 0.717) is 0 Å². The lowest BCUT2D eigenvalue weighted by atomic mass is 10.1. The molecule has 4 rings (SSSR count). The summed E-state index contributed by atoms with van der Waals surface area (Å²) >= 11 is 0. The van der Waals surface area contributed by atoms with E-state index in [0.717, 1.165) is 30.9 Å². The monoisotopic (exact) mass is 281 g/mol. The number of rotatable bonds is 0. The number of ether oxygens (including phenoxy) is 1. The summed E-state index contributed by atoms with van der Waals surface area (Å²) in [5, 5.41) is 0. The maximum absolute atomic E-state index is 5.42. The molecule has 0 saturated heterocycles. The molecule has 21 heavy (non-hydrogen) atoms. The van der Waals surface area contributed by atoms with Gasteiger partial charge in [-0.25, -0.2) is 0 Å². The third kappa shape index (κ3) is 4.19. The maximum Gasteiger partial charge on any atom is 0.122 e. The van der Waals surface area contributed by atoms with E-state index in [4.69, 9.17) is 4.74 Å². The van der Waals surface area contributed by atoms with Crippen molar-refractivity contribution in [2.75, 3.05) is 6.61 Å². The first-order valence-electron chi connectivity index (χ1n) is 7.74. The van der Waals surface area contributed by atoms with Gasteiger partial charge in [0.1, 0.15) is 5.75 Å². The molecule has 110 valence electrons. The molecule has 0 N–H and O–H groups in total. The normalized spacial score (nSPS) is 13.6. The number of hydrogen-bond donors (Lipinski definition) is 0. The lowest BCUT2D eigenvalue weighted by molar-refractivity contribution is 0.288. The molecule has 0 spiro atoms. The van der Waals surface area contributed by atoms with Crippen molar-refractivity contribution in [2.24, 2.45) is 4.99 Å². The van der Waals surface area contributed by atoms with Crippen molar-refractivity contribution < 1.29 is 4.74 Å². The largest absolute Gasteiger partial charge is 0.493 e. The zero-order chi connectivity index (χ0) is 14.9. The van der Waals surface area contributed by atoms with E-state index < -0.39 is 0 Å². The molecule has 0 saturated carbocycles. The van der Waals surface area contributed by atoms with Crippen molar-refractivity contribution in [3.63, 3.8) is 0 Å². The van der Waals surface area contributed by atoms with Crippen molar-refractivity contribution in [3.05, 3.63) is 59.7 Å². The van der Waals surface area contributed by atoms with Gasteiger partial charge in [-0.05, 0) is 36.1 Å². The van der Waals surface area contributed by atoms with Crippen LogP contribution in [0.4, 0.5) is 5.69 Å². The summed E-state index contributed by atoms with van der Waals surface area (Å²) in [6.45, 7) is 4.89. The average Bonchev–Trinajstić information content (AvgIpc) is 3.06. The molecule has 0 amide bonds. The number of fused-ring (bicyclic) bond motifs is 2. The topological polar surface area (TPSA) is 21.6 Å². The van der Waals surface area contributed by atoms with E-state index in [1.165, 1.54) is 17.5 Å². The molecule has 2 aromatic rings. The Hall–Kier alpha value is -2.09. The molecule has 2 heteroatoms. The van der Waals surface area contributed by atoms with Crippen LogP contribution >= 0.6 is 0 Å². The van der Waals surface area contributed by atoms with Crippen LogP contribution in [0.25, 0.3) is 0 Å². The van der Waals surface area contributed by atoms with Gasteiger partial charge < -0.3 is 4.74 Å². The van der Waals surface area contributed by atoms with Crippen molar-refractivity contribution in [2.45, 2.75) is 33.1 Å². The van der Waals surface area contributed by atoms with Crippen LogP contribution in [0.3, 0.4) is 0 Å². The Morgan fingerprint density at radius 2 is 1.62 bits per heavy atom. The molecule has 2 aliphatic rings. The lowest BCUT2D eigenvalue weighted by Crippen LogP contribution is -2.07. The molecule has 0 unspecified atom stereocenters. The van der Waals surface area contributed by atoms with Gasteiger partial charge in [0.2, 0.25) is 0 Å². The zero-order valence-corrected chi connectivity index (χ0v) is 12.9.